The molecule has 1 atom stereocenters. The van der Waals surface area contributed by atoms with Crippen molar-refractivity contribution in [1.82, 2.24) is 0 Å². The van der Waals surface area contributed by atoms with Gasteiger partial charge in [-0.15, -0.1) is 0 Å². The molecule has 0 amide bonds. The summed E-state index contributed by atoms with van der Waals surface area (Å²) in [5.41, 5.74) is 2.45. The lowest BCUT2D eigenvalue weighted by molar-refractivity contribution is -0.932. The van der Waals surface area contributed by atoms with Gasteiger partial charge in [-0.3, -0.25) is 0 Å². The van der Waals surface area contributed by atoms with E-state index in [0.29, 0.717) is 6.04 Å². The molecule has 1 aromatic carbocycles. The number of hydrogen-bond acceptors (Lipinski definition) is 2. The van der Waals surface area contributed by atoms with Gasteiger partial charge in [-0.05, 0) is 32.6 Å². The first kappa shape index (κ1) is 13.1. The highest BCUT2D eigenvalue weighted by molar-refractivity contribution is 5.65. The fourth-order valence-corrected chi connectivity index (χ4v) is 2.84. The van der Waals surface area contributed by atoms with Gasteiger partial charge in [-0.2, -0.15) is 0 Å². The van der Waals surface area contributed by atoms with Crippen LogP contribution in [0.2, 0.25) is 0 Å². The molecule has 1 saturated carbocycles. The van der Waals surface area contributed by atoms with Crippen LogP contribution in [0.25, 0.3) is 0 Å². The number of benzene rings is 1. The molecule has 0 aliphatic heterocycles. The number of aliphatic carboxylic acids is 1. The van der Waals surface area contributed by atoms with E-state index in [-0.39, 0.29) is 6.54 Å². The third-order valence-electron chi connectivity index (χ3n) is 3.86. The maximum Gasteiger partial charge on any atom is 0.118 e. The van der Waals surface area contributed by atoms with E-state index in [9.17, 15) is 9.90 Å². The monoisotopic (exact) mass is 247 g/mol. The van der Waals surface area contributed by atoms with Gasteiger partial charge in [-0.1, -0.05) is 29.8 Å². The van der Waals surface area contributed by atoms with Gasteiger partial charge in [0.1, 0.15) is 13.1 Å². The number of carboxylic acids is 1. The molecule has 3 nitrogen and oxygen atoms in total. The second kappa shape index (κ2) is 6.01. The summed E-state index contributed by atoms with van der Waals surface area (Å²) >= 11 is 0. The molecule has 0 bridgehead atoms. The van der Waals surface area contributed by atoms with Crippen LogP contribution >= 0.6 is 0 Å². The summed E-state index contributed by atoms with van der Waals surface area (Å²) in [6, 6.07) is 8.85. The minimum Gasteiger partial charge on any atom is -0.544 e. The van der Waals surface area contributed by atoms with Crippen molar-refractivity contribution in [3.8, 4) is 0 Å². The van der Waals surface area contributed by atoms with Crippen molar-refractivity contribution in [1.29, 1.82) is 0 Å². The van der Waals surface area contributed by atoms with E-state index < -0.39 is 5.97 Å². The average molecular weight is 247 g/mol. The van der Waals surface area contributed by atoms with Gasteiger partial charge in [0.2, 0.25) is 0 Å². The van der Waals surface area contributed by atoms with Crippen molar-refractivity contribution in [3.05, 3.63) is 35.4 Å². The van der Waals surface area contributed by atoms with Gasteiger partial charge in [0, 0.05) is 5.56 Å². The lowest BCUT2D eigenvalue weighted by atomic mass is 10.1. The molecule has 18 heavy (non-hydrogen) atoms. The van der Waals surface area contributed by atoms with E-state index in [1.54, 1.807) is 0 Å². The normalized spacial score (nSPS) is 17.8. The van der Waals surface area contributed by atoms with Crippen molar-refractivity contribution >= 4 is 5.97 Å². The third kappa shape index (κ3) is 3.57. The largest absolute Gasteiger partial charge is 0.544 e. The van der Waals surface area contributed by atoms with Crippen LogP contribution in [-0.2, 0) is 11.3 Å². The van der Waals surface area contributed by atoms with Gasteiger partial charge in [0.25, 0.3) is 0 Å². The standard InChI is InChI=1S/C15H21NO2/c1-12-6-8-13(9-7-12)10-16(11-15(17)18)14-4-2-3-5-14/h6-9,14H,2-5,10-11H2,1H3,(H,17,18). The zero-order valence-corrected chi connectivity index (χ0v) is 10.9. The van der Waals surface area contributed by atoms with Gasteiger partial charge in [0.05, 0.1) is 12.0 Å². The number of carbonyl (C=O) groups is 1. The molecule has 0 radical (unpaired) electrons. The molecule has 1 aliphatic carbocycles. The van der Waals surface area contributed by atoms with E-state index >= 15 is 0 Å². The topological polar surface area (TPSA) is 44.6 Å². The molecule has 1 aliphatic rings. The Morgan fingerprint density at radius 2 is 1.89 bits per heavy atom. The van der Waals surface area contributed by atoms with E-state index in [4.69, 9.17) is 0 Å². The molecule has 1 N–H and O–H groups in total. The predicted molar refractivity (Wildman–Crippen MR) is 68.0 cm³/mol. The zero-order valence-electron chi connectivity index (χ0n) is 10.9. The smallest absolute Gasteiger partial charge is 0.118 e. The number of hydrogen-bond donors (Lipinski definition) is 1. The van der Waals surface area contributed by atoms with E-state index in [1.165, 1.54) is 24.0 Å². The van der Waals surface area contributed by atoms with Crippen molar-refractivity contribution in [3.63, 3.8) is 0 Å². The summed E-state index contributed by atoms with van der Waals surface area (Å²) in [7, 11) is 0. The van der Waals surface area contributed by atoms with Gasteiger partial charge in [-0.25, -0.2) is 0 Å². The van der Waals surface area contributed by atoms with E-state index in [2.05, 4.69) is 31.2 Å². The van der Waals surface area contributed by atoms with Crippen molar-refractivity contribution in [2.24, 2.45) is 0 Å². The quantitative estimate of drug-likeness (QED) is 0.800. The van der Waals surface area contributed by atoms with Crippen molar-refractivity contribution < 1.29 is 14.8 Å². The maximum atomic E-state index is 10.9. The number of carbonyl (C=O) groups excluding carboxylic acids is 1. The van der Waals surface area contributed by atoms with Crippen LogP contribution in [0.1, 0.15) is 36.8 Å². The predicted octanol–water partition coefficient (Wildman–Crippen LogP) is 0.0724. The second-order valence-corrected chi connectivity index (χ2v) is 5.35. The third-order valence-corrected chi connectivity index (χ3v) is 3.86. The van der Waals surface area contributed by atoms with Crippen LogP contribution in [0.15, 0.2) is 24.3 Å². The maximum absolute atomic E-state index is 10.9. The molecule has 0 heterocycles. The first-order valence-corrected chi connectivity index (χ1v) is 6.75. The highest BCUT2D eigenvalue weighted by Crippen LogP contribution is 2.15. The van der Waals surface area contributed by atoms with Gasteiger partial charge < -0.3 is 14.8 Å². The Balaban J connectivity index is 2.03. The SMILES string of the molecule is Cc1ccc(C[NH+](CC(=O)[O-])C2CCCC2)cc1. The summed E-state index contributed by atoms with van der Waals surface area (Å²) < 4.78 is 0. The Morgan fingerprint density at radius 3 is 2.44 bits per heavy atom. The van der Waals surface area contributed by atoms with Crippen LogP contribution < -0.4 is 10.0 Å². The lowest BCUT2D eigenvalue weighted by Gasteiger charge is -2.26. The Hall–Kier alpha value is -1.35. The second-order valence-electron chi connectivity index (χ2n) is 5.35. The Bertz CT molecular complexity index is 393. The summed E-state index contributed by atoms with van der Waals surface area (Å²) in [6.07, 6.45) is 4.76. The lowest BCUT2D eigenvalue weighted by Crippen LogP contribution is -3.15. The van der Waals surface area contributed by atoms with Crippen molar-refractivity contribution in [2.75, 3.05) is 6.54 Å². The minimum absolute atomic E-state index is 0.124. The number of nitrogens with one attached hydrogen (secondary N) is 1. The Morgan fingerprint density at radius 1 is 1.28 bits per heavy atom. The number of quaternary nitrogens is 1. The number of rotatable bonds is 5. The highest BCUT2D eigenvalue weighted by atomic mass is 16.4. The van der Waals surface area contributed by atoms with Crippen LogP contribution in [-0.4, -0.2) is 18.6 Å². The number of carboxylic acid groups (broad SMARTS) is 1. The average Bonchev–Trinajstić information content (AvgIpc) is 2.84. The summed E-state index contributed by atoms with van der Waals surface area (Å²) in [5.74, 6) is -0.941. The molecule has 98 valence electrons. The first-order chi connectivity index (χ1) is 8.65. The fourth-order valence-electron chi connectivity index (χ4n) is 2.84. The summed E-state index contributed by atoms with van der Waals surface area (Å²) in [6.45, 7) is 2.98. The molecule has 2 rings (SSSR count). The molecule has 1 fully saturated rings. The fraction of sp³-hybridized carbons (Fsp3) is 0.533. The molecule has 0 spiro atoms. The molecular weight excluding hydrogens is 226 g/mol. The minimum atomic E-state index is -0.941. The van der Waals surface area contributed by atoms with Crippen LogP contribution in [0, 0.1) is 6.92 Å². The van der Waals surface area contributed by atoms with E-state index in [0.717, 1.165) is 24.3 Å². The van der Waals surface area contributed by atoms with Gasteiger partial charge in [0.15, 0.2) is 0 Å². The number of aryl methyl sites for hydroxylation is 1. The zero-order chi connectivity index (χ0) is 13.0. The van der Waals surface area contributed by atoms with Crippen molar-refractivity contribution in [2.45, 2.75) is 45.2 Å². The molecule has 0 aromatic heterocycles. The molecular formula is C15H21NO2. The molecule has 1 unspecified atom stereocenters. The van der Waals surface area contributed by atoms with E-state index in [1.807, 2.05) is 0 Å². The van der Waals surface area contributed by atoms with Gasteiger partial charge >= 0.3 is 0 Å². The summed E-state index contributed by atoms with van der Waals surface area (Å²) in [5, 5.41) is 10.9. The Kier molecular flexibility index (Phi) is 4.37. The molecule has 3 heteroatoms. The van der Waals surface area contributed by atoms with Crippen LogP contribution in [0.5, 0.6) is 0 Å². The van der Waals surface area contributed by atoms with Crippen LogP contribution in [0.4, 0.5) is 0 Å². The highest BCUT2D eigenvalue weighted by Gasteiger charge is 2.26. The first-order valence-electron chi connectivity index (χ1n) is 6.75. The van der Waals surface area contributed by atoms with Crippen LogP contribution in [0.3, 0.4) is 0 Å². The summed E-state index contributed by atoms with van der Waals surface area (Å²) in [4.78, 5) is 12.0. The molecule has 1 aromatic rings. The molecule has 0 saturated heterocycles. The Labute approximate surface area is 108 Å².